The summed E-state index contributed by atoms with van der Waals surface area (Å²) in [5.41, 5.74) is 3.07. The van der Waals surface area contributed by atoms with Crippen molar-refractivity contribution in [3.8, 4) is 0 Å². The van der Waals surface area contributed by atoms with Crippen LogP contribution in [0.4, 0.5) is 0 Å². The van der Waals surface area contributed by atoms with Gasteiger partial charge in [-0.2, -0.15) is 0 Å². The first kappa shape index (κ1) is 12.7. The monoisotopic (exact) mass is 227 g/mol. The molecule has 0 fully saturated rings. The third-order valence-corrected chi connectivity index (χ3v) is 3.46. The van der Waals surface area contributed by atoms with Crippen LogP contribution in [0, 0.1) is 6.92 Å². The average molecular weight is 227 g/mol. The number of hydrogen-bond acceptors (Lipinski definition) is 3. The zero-order valence-corrected chi connectivity index (χ0v) is 10.6. The van der Waals surface area contributed by atoms with Crippen molar-refractivity contribution in [2.45, 2.75) is 46.0 Å². The first-order valence-corrected chi connectivity index (χ1v) is 6.69. The lowest BCUT2D eigenvalue weighted by Crippen LogP contribution is -2.00. The number of ether oxygens (including phenoxy) is 1. The number of nitrogens with zero attached hydrogens (tertiary/aromatic N) is 1. The van der Waals surface area contributed by atoms with Crippen LogP contribution in [0.3, 0.4) is 0 Å². The standard InChI is InChI=1S/C12H21NOS/c1-3-4-5-6-8-14-9-7-12-11(2)13-10-15-12/h10H,3-9H2,1-2H3. The molecule has 0 bridgehead atoms. The zero-order chi connectivity index (χ0) is 10.9. The maximum absolute atomic E-state index is 5.59. The molecule has 0 N–H and O–H groups in total. The Labute approximate surface area is 96.7 Å². The van der Waals surface area contributed by atoms with Gasteiger partial charge in [0.15, 0.2) is 0 Å². The summed E-state index contributed by atoms with van der Waals surface area (Å²) in [4.78, 5) is 5.58. The van der Waals surface area contributed by atoms with Crippen LogP contribution in [-0.2, 0) is 11.2 Å². The number of aryl methyl sites for hydroxylation is 1. The van der Waals surface area contributed by atoms with Gasteiger partial charge >= 0.3 is 0 Å². The second kappa shape index (κ2) is 7.83. The summed E-state index contributed by atoms with van der Waals surface area (Å²) in [7, 11) is 0. The summed E-state index contributed by atoms with van der Waals surface area (Å²) in [5.74, 6) is 0. The molecule has 86 valence electrons. The van der Waals surface area contributed by atoms with Gasteiger partial charge in [0.05, 0.1) is 17.8 Å². The summed E-state index contributed by atoms with van der Waals surface area (Å²) < 4.78 is 5.59. The molecule has 0 saturated carbocycles. The fourth-order valence-electron chi connectivity index (χ4n) is 1.46. The van der Waals surface area contributed by atoms with Crippen molar-refractivity contribution in [2.75, 3.05) is 13.2 Å². The Kier molecular flexibility index (Phi) is 6.60. The SMILES string of the molecule is CCCCCCOCCc1scnc1C. The fourth-order valence-corrected chi connectivity index (χ4v) is 2.23. The fraction of sp³-hybridized carbons (Fsp3) is 0.750. The lowest BCUT2D eigenvalue weighted by molar-refractivity contribution is 0.133. The summed E-state index contributed by atoms with van der Waals surface area (Å²) in [6.07, 6.45) is 6.15. The Balaban J connectivity index is 1.96. The molecule has 1 aromatic heterocycles. The van der Waals surface area contributed by atoms with Crippen molar-refractivity contribution in [1.29, 1.82) is 0 Å². The third-order valence-electron chi connectivity index (χ3n) is 2.46. The lowest BCUT2D eigenvalue weighted by atomic mass is 10.2. The molecule has 0 spiro atoms. The van der Waals surface area contributed by atoms with Crippen LogP contribution in [0.15, 0.2) is 5.51 Å². The number of thiazole rings is 1. The van der Waals surface area contributed by atoms with E-state index < -0.39 is 0 Å². The minimum atomic E-state index is 0.842. The smallest absolute Gasteiger partial charge is 0.0797 e. The van der Waals surface area contributed by atoms with E-state index in [0.29, 0.717) is 0 Å². The van der Waals surface area contributed by atoms with E-state index in [0.717, 1.165) is 25.3 Å². The minimum Gasteiger partial charge on any atom is -0.381 e. The zero-order valence-electron chi connectivity index (χ0n) is 9.79. The number of hydrogen-bond donors (Lipinski definition) is 0. The van der Waals surface area contributed by atoms with Crippen LogP contribution in [0.1, 0.15) is 43.2 Å². The predicted molar refractivity (Wildman–Crippen MR) is 65.5 cm³/mol. The average Bonchev–Trinajstić information content (AvgIpc) is 2.63. The largest absolute Gasteiger partial charge is 0.381 e. The third kappa shape index (κ3) is 5.28. The molecule has 0 amide bonds. The summed E-state index contributed by atoms with van der Waals surface area (Å²) in [5, 5.41) is 0. The van der Waals surface area contributed by atoms with Gasteiger partial charge in [0.25, 0.3) is 0 Å². The Morgan fingerprint density at radius 2 is 2.13 bits per heavy atom. The lowest BCUT2D eigenvalue weighted by Gasteiger charge is -2.03. The van der Waals surface area contributed by atoms with E-state index >= 15 is 0 Å². The molecule has 0 aliphatic heterocycles. The highest BCUT2D eigenvalue weighted by atomic mass is 32.1. The van der Waals surface area contributed by atoms with E-state index in [1.165, 1.54) is 30.6 Å². The van der Waals surface area contributed by atoms with Crippen LogP contribution in [0.5, 0.6) is 0 Å². The van der Waals surface area contributed by atoms with Crippen molar-refractivity contribution in [2.24, 2.45) is 0 Å². The molecule has 0 radical (unpaired) electrons. The van der Waals surface area contributed by atoms with Gasteiger partial charge in [-0.1, -0.05) is 26.2 Å². The minimum absolute atomic E-state index is 0.842. The van der Waals surface area contributed by atoms with Crippen molar-refractivity contribution in [1.82, 2.24) is 4.98 Å². The highest BCUT2D eigenvalue weighted by Crippen LogP contribution is 2.12. The molecule has 1 rings (SSSR count). The molecule has 0 unspecified atom stereocenters. The van der Waals surface area contributed by atoms with Gasteiger partial charge in [-0.25, -0.2) is 4.98 Å². The van der Waals surface area contributed by atoms with Gasteiger partial charge in [0, 0.05) is 17.9 Å². The van der Waals surface area contributed by atoms with Gasteiger partial charge in [-0.05, 0) is 13.3 Å². The van der Waals surface area contributed by atoms with Gasteiger partial charge in [0.2, 0.25) is 0 Å². The first-order chi connectivity index (χ1) is 7.34. The van der Waals surface area contributed by atoms with Gasteiger partial charge < -0.3 is 4.74 Å². The van der Waals surface area contributed by atoms with E-state index in [2.05, 4.69) is 18.8 Å². The second-order valence-electron chi connectivity index (χ2n) is 3.78. The number of rotatable bonds is 8. The Bertz CT molecular complexity index is 260. The topological polar surface area (TPSA) is 22.1 Å². The Morgan fingerprint density at radius 3 is 2.80 bits per heavy atom. The molecular formula is C12H21NOS. The van der Waals surface area contributed by atoms with Crippen molar-refractivity contribution >= 4 is 11.3 Å². The highest BCUT2D eigenvalue weighted by Gasteiger charge is 2.00. The summed E-state index contributed by atoms with van der Waals surface area (Å²) in [6, 6.07) is 0. The van der Waals surface area contributed by atoms with E-state index in [-0.39, 0.29) is 0 Å². The quantitative estimate of drug-likeness (QED) is 0.633. The summed E-state index contributed by atoms with van der Waals surface area (Å²) in [6.45, 7) is 6.05. The van der Waals surface area contributed by atoms with E-state index in [1.807, 2.05) is 5.51 Å². The highest BCUT2D eigenvalue weighted by molar-refractivity contribution is 7.09. The van der Waals surface area contributed by atoms with Crippen molar-refractivity contribution in [3.63, 3.8) is 0 Å². The molecule has 3 heteroatoms. The van der Waals surface area contributed by atoms with Crippen molar-refractivity contribution < 1.29 is 4.74 Å². The predicted octanol–water partition coefficient (Wildman–Crippen LogP) is 3.59. The first-order valence-electron chi connectivity index (χ1n) is 5.81. The van der Waals surface area contributed by atoms with E-state index in [1.54, 1.807) is 11.3 Å². The van der Waals surface area contributed by atoms with Gasteiger partial charge in [-0.15, -0.1) is 11.3 Å². The maximum Gasteiger partial charge on any atom is 0.0797 e. The normalized spacial score (nSPS) is 10.8. The molecule has 0 saturated heterocycles. The van der Waals surface area contributed by atoms with E-state index in [4.69, 9.17) is 4.74 Å². The van der Waals surface area contributed by atoms with Gasteiger partial charge in [0.1, 0.15) is 0 Å². The maximum atomic E-state index is 5.59. The number of unbranched alkanes of at least 4 members (excludes halogenated alkanes) is 3. The molecule has 0 atom stereocenters. The molecule has 15 heavy (non-hydrogen) atoms. The van der Waals surface area contributed by atoms with Crippen LogP contribution < -0.4 is 0 Å². The van der Waals surface area contributed by atoms with Crippen LogP contribution in [0.2, 0.25) is 0 Å². The van der Waals surface area contributed by atoms with Crippen molar-refractivity contribution in [3.05, 3.63) is 16.1 Å². The molecule has 2 nitrogen and oxygen atoms in total. The number of aromatic nitrogens is 1. The van der Waals surface area contributed by atoms with Gasteiger partial charge in [-0.3, -0.25) is 0 Å². The molecule has 0 aliphatic carbocycles. The van der Waals surface area contributed by atoms with E-state index in [9.17, 15) is 0 Å². The Hall–Kier alpha value is -0.410. The molecule has 1 heterocycles. The summed E-state index contributed by atoms with van der Waals surface area (Å²) >= 11 is 1.73. The van der Waals surface area contributed by atoms with Crippen LogP contribution >= 0.6 is 11.3 Å². The molecule has 0 aromatic carbocycles. The molecule has 1 aromatic rings. The van der Waals surface area contributed by atoms with Crippen LogP contribution in [-0.4, -0.2) is 18.2 Å². The Morgan fingerprint density at radius 1 is 1.27 bits per heavy atom. The van der Waals surface area contributed by atoms with Crippen LogP contribution in [0.25, 0.3) is 0 Å². The molecule has 0 aliphatic rings. The second-order valence-corrected chi connectivity index (χ2v) is 4.72. The molecular weight excluding hydrogens is 206 g/mol.